The summed E-state index contributed by atoms with van der Waals surface area (Å²) in [4.78, 5) is 29.8. The van der Waals surface area contributed by atoms with E-state index in [4.69, 9.17) is 8.83 Å². The highest BCUT2D eigenvalue weighted by Crippen LogP contribution is 2.34. The van der Waals surface area contributed by atoms with Crippen LogP contribution in [0.2, 0.25) is 0 Å². The first-order chi connectivity index (χ1) is 16.0. The van der Waals surface area contributed by atoms with Gasteiger partial charge in [-0.3, -0.25) is 9.59 Å². The Balaban J connectivity index is 1.20. The number of amides is 2. The second kappa shape index (κ2) is 8.81. The van der Waals surface area contributed by atoms with Crippen molar-refractivity contribution in [3.05, 3.63) is 77.1 Å². The van der Waals surface area contributed by atoms with Crippen LogP contribution < -0.4 is 10.2 Å². The van der Waals surface area contributed by atoms with Crippen LogP contribution >= 0.6 is 0 Å². The Labute approximate surface area is 193 Å². The van der Waals surface area contributed by atoms with Crippen LogP contribution in [0.15, 0.2) is 57.6 Å². The predicted molar refractivity (Wildman–Crippen MR) is 124 cm³/mol. The molecule has 172 valence electrons. The maximum Gasteiger partial charge on any atom is 0.287 e. The number of furan rings is 2. The Kier molecular flexibility index (Phi) is 5.70. The molecular formula is C26H29N3O4. The van der Waals surface area contributed by atoms with Gasteiger partial charge in [0.05, 0.1) is 18.4 Å². The molecule has 1 unspecified atom stereocenters. The molecular weight excluding hydrogens is 418 g/mol. The van der Waals surface area contributed by atoms with Gasteiger partial charge in [0.15, 0.2) is 5.76 Å². The molecule has 1 atom stereocenters. The van der Waals surface area contributed by atoms with Gasteiger partial charge in [-0.15, -0.1) is 0 Å². The summed E-state index contributed by atoms with van der Waals surface area (Å²) >= 11 is 0. The Bertz CT molecular complexity index is 1160. The normalized spacial score (nSPS) is 18.4. The minimum absolute atomic E-state index is 0.00896. The molecule has 7 heteroatoms. The van der Waals surface area contributed by atoms with E-state index >= 15 is 0 Å². The molecule has 5 rings (SSSR count). The average Bonchev–Trinajstić information content (AvgIpc) is 3.53. The zero-order chi connectivity index (χ0) is 22.9. The fourth-order valence-electron chi connectivity index (χ4n) is 4.89. The quantitative estimate of drug-likeness (QED) is 0.635. The smallest absolute Gasteiger partial charge is 0.287 e. The number of piperidine rings is 1. The van der Waals surface area contributed by atoms with Crippen LogP contribution in [0.5, 0.6) is 0 Å². The zero-order valence-corrected chi connectivity index (χ0v) is 19.0. The van der Waals surface area contributed by atoms with Gasteiger partial charge in [-0.05, 0) is 62.9 Å². The number of fused-ring (bicyclic) bond motifs is 1. The summed E-state index contributed by atoms with van der Waals surface area (Å²) in [5.41, 5.74) is 3.17. The second-order valence-electron chi connectivity index (χ2n) is 9.02. The minimum Gasteiger partial charge on any atom is -0.467 e. The van der Waals surface area contributed by atoms with E-state index in [9.17, 15) is 9.59 Å². The Morgan fingerprint density at radius 2 is 1.88 bits per heavy atom. The third kappa shape index (κ3) is 4.27. The first-order valence-corrected chi connectivity index (χ1v) is 11.6. The van der Waals surface area contributed by atoms with E-state index < -0.39 is 0 Å². The molecule has 1 aromatic carbocycles. The van der Waals surface area contributed by atoms with E-state index in [0.29, 0.717) is 61.4 Å². The van der Waals surface area contributed by atoms with Crippen molar-refractivity contribution in [2.45, 2.75) is 51.7 Å². The number of nitrogens with one attached hydrogen (secondary N) is 1. The SMILES string of the molecule is Cc1ccc(C(=O)NC2CCN(C(=O)c3ccoc3CN3c4ccccc4CC3C)CC2)o1. The van der Waals surface area contributed by atoms with Gasteiger partial charge >= 0.3 is 0 Å². The van der Waals surface area contributed by atoms with Gasteiger partial charge in [0.1, 0.15) is 11.5 Å². The molecule has 2 aromatic heterocycles. The van der Waals surface area contributed by atoms with Gasteiger partial charge in [0.25, 0.3) is 11.8 Å². The molecule has 0 aliphatic carbocycles. The molecule has 3 aromatic rings. The monoisotopic (exact) mass is 447 g/mol. The van der Waals surface area contributed by atoms with Crippen molar-refractivity contribution in [2.24, 2.45) is 0 Å². The highest BCUT2D eigenvalue weighted by atomic mass is 16.3. The molecule has 2 amide bonds. The van der Waals surface area contributed by atoms with E-state index in [1.54, 1.807) is 24.5 Å². The van der Waals surface area contributed by atoms with Gasteiger partial charge in [0, 0.05) is 30.9 Å². The number of para-hydroxylation sites is 1. The summed E-state index contributed by atoms with van der Waals surface area (Å²) in [7, 11) is 0. The number of carbonyl (C=O) groups is 2. The maximum absolute atomic E-state index is 13.3. The summed E-state index contributed by atoms with van der Waals surface area (Å²) in [6.45, 7) is 5.77. The predicted octanol–water partition coefficient (Wildman–Crippen LogP) is 4.17. The van der Waals surface area contributed by atoms with Crippen LogP contribution in [0.25, 0.3) is 0 Å². The van der Waals surface area contributed by atoms with E-state index in [0.717, 1.165) is 6.42 Å². The first kappa shape index (κ1) is 21.4. The maximum atomic E-state index is 13.3. The summed E-state index contributed by atoms with van der Waals surface area (Å²) < 4.78 is 11.2. The number of aryl methyl sites for hydroxylation is 1. The van der Waals surface area contributed by atoms with Crippen molar-refractivity contribution >= 4 is 17.5 Å². The van der Waals surface area contributed by atoms with Crippen molar-refractivity contribution < 1.29 is 18.4 Å². The van der Waals surface area contributed by atoms with Crippen LogP contribution in [0.4, 0.5) is 5.69 Å². The van der Waals surface area contributed by atoms with Crippen molar-refractivity contribution in [1.82, 2.24) is 10.2 Å². The highest BCUT2D eigenvalue weighted by molar-refractivity contribution is 5.95. The standard InChI is InChI=1S/C26H29N3O4/c1-17-15-19-5-3-4-6-22(19)29(17)16-24-21(11-14-32-24)26(31)28-12-9-20(10-13-28)27-25(30)23-8-7-18(2)33-23/h3-8,11,14,17,20H,9-10,12-13,15-16H2,1-2H3,(H,27,30). The molecule has 0 radical (unpaired) electrons. The molecule has 33 heavy (non-hydrogen) atoms. The van der Waals surface area contributed by atoms with E-state index in [1.165, 1.54) is 11.3 Å². The largest absolute Gasteiger partial charge is 0.467 e. The number of anilines is 1. The molecule has 4 heterocycles. The molecule has 7 nitrogen and oxygen atoms in total. The third-order valence-electron chi connectivity index (χ3n) is 6.72. The zero-order valence-electron chi connectivity index (χ0n) is 19.0. The van der Waals surface area contributed by atoms with E-state index in [-0.39, 0.29) is 17.9 Å². The summed E-state index contributed by atoms with van der Waals surface area (Å²) in [5, 5.41) is 3.02. The molecule has 1 N–H and O–H groups in total. The van der Waals surface area contributed by atoms with Crippen LogP contribution in [-0.2, 0) is 13.0 Å². The molecule has 0 spiro atoms. The Morgan fingerprint density at radius 3 is 2.64 bits per heavy atom. The number of hydrogen-bond donors (Lipinski definition) is 1. The lowest BCUT2D eigenvalue weighted by molar-refractivity contribution is 0.0693. The lowest BCUT2D eigenvalue weighted by Gasteiger charge is -2.32. The second-order valence-corrected chi connectivity index (χ2v) is 9.02. The number of carbonyl (C=O) groups excluding carboxylic acids is 2. The van der Waals surface area contributed by atoms with Crippen LogP contribution in [0.1, 0.15) is 57.8 Å². The highest BCUT2D eigenvalue weighted by Gasteiger charge is 2.31. The molecule has 2 aliphatic rings. The minimum atomic E-state index is -0.204. The van der Waals surface area contributed by atoms with Gasteiger partial charge in [-0.2, -0.15) is 0 Å². The number of hydrogen-bond acceptors (Lipinski definition) is 5. The van der Waals surface area contributed by atoms with Crippen molar-refractivity contribution in [3.8, 4) is 0 Å². The molecule has 0 bridgehead atoms. The number of rotatable bonds is 5. The van der Waals surface area contributed by atoms with E-state index in [1.807, 2.05) is 17.9 Å². The number of likely N-dealkylation sites (tertiary alicyclic amines) is 1. The Hall–Kier alpha value is -3.48. The van der Waals surface area contributed by atoms with Gasteiger partial charge in [0.2, 0.25) is 0 Å². The van der Waals surface area contributed by atoms with Gasteiger partial charge in [-0.25, -0.2) is 0 Å². The topological polar surface area (TPSA) is 78.9 Å². The molecule has 0 saturated carbocycles. The lowest BCUT2D eigenvalue weighted by Crippen LogP contribution is -2.46. The molecule has 2 aliphatic heterocycles. The van der Waals surface area contributed by atoms with Gasteiger partial charge in [-0.1, -0.05) is 18.2 Å². The van der Waals surface area contributed by atoms with E-state index in [2.05, 4.69) is 35.3 Å². The van der Waals surface area contributed by atoms with Crippen molar-refractivity contribution in [3.63, 3.8) is 0 Å². The average molecular weight is 448 g/mol. The van der Waals surface area contributed by atoms with Crippen molar-refractivity contribution in [1.29, 1.82) is 0 Å². The number of benzene rings is 1. The third-order valence-corrected chi connectivity index (χ3v) is 6.72. The van der Waals surface area contributed by atoms with Crippen LogP contribution in [-0.4, -0.2) is 41.9 Å². The van der Waals surface area contributed by atoms with Gasteiger partial charge < -0.3 is 24.0 Å². The summed E-state index contributed by atoms with van der Waals surface area (Å²) in [6.07, 6.45) is 4.02. The first-order valence-electron chi connectivity index (χ1n) is 11.6. The Morgan fingerprint density at radius 1 is 1.09 bits per heavy atom. The fraction of sp³-hybridized carbons (Fsp3) is 0.385. The molecule has 1 saturated heterocycles. The summed E-state index contributed by atoms with van der Waals surface area (Å²) in [5.74, 6) is 1.53. The van der Waals surface area contributed by atoms with Crippen LogP contribution in [0, 0.1) is 6.92 Å². The van der Waals surface area contributed by atoms with Crippen molar-refractivity contribution in [2.75, 3.05) is 18.0 Å². The molecule has 1 fully saturated rings. The summed E-state index contributed by atoms with van der Waals surface area (Å²) in [6, 6.07) is 14.0. The fourth-order valence-corrected chi connectivity index (χ4v) is 4.89. The van der Waals surface area contributed by atoms with Crippen LogP contribution in [0.3, 0.4) is 0 Å². The number of nitrogens with zero attached hydrogens (tertiary/aromatic N) is 2. The lowest BCUT2D eigenvalue weighted by atomic mass is 10.0.